The third-order valence-electron chi connectivity index (χ3n) is 1.95. The highest BCUT2D eigenvalue weighted by atomic mass is 79.9. The number of nitrogens with one attached hydrogen (secondary N) is 1. The van der Waals surface area contributed by atoms with Gasteiger partial charge in [-0.3, -0.25) is 0 Å². The summed E-state index contributed by atoms with van der Waals surface area (Å²) in [6, 6.07) is 5.15. The summed E-state index contributed by atoms with van der Waals surface area (Å²) < 4.78 is 13.9. The van der Waals surface area contributed by atoms with E-state index in [1.165, 1.54) is 0 Å². The molecule has 0 aliphatic carbocycles. The summed E-state index contributed by atoms with van der Waals surface area (Å²) in [5, 5.41) is 11.8. The lowest BCUT2D eigenvalue weighted by atomic mass is 10.2. The van der Waals surface area contributed by atoms with Crippen LogP contribution in [0.15, 0.2) is 22.7 Å². The van der Waals surface area contributed by atoms with Crippen molar-refractivity contribution in [3.8, 4) is 0 Å². The van der Waals surface area contributed by atoms with Crippen LogP contribution < -0.4 is 5.32 Å². The highest BCUT2D eigenvalue weighted by molar-refractivity contribution is 9.10. The van der Waals surface area contributed by atoms with Gasteiger partial charge < -0.3 is 10.4 Å². The number of benzene rings is 1. The molecule has 1 aromatic carbocycles. The zero-order valence-electron chi connectivity index (χ0n) is 7.93. The molecule has 1 aromatic rings. The summed E-state index contributed by atoms with van der Waals surface area (Å²) >= 11 is 3.12. The van der Waals surface area contributed by atoms with Gasteiger partial charge in [0, 0.05) is 18.2 Å². The van der Waals surface area contributed by atoms with Gasteiger partial charge in [-0.1, -0.05) is 12.1 Å². The average molecular weight is 262 g/mol. The first-order chi connectivity index (χ1) is 6.65. The summed E-state index contributed by atoms with van der Waals surface area (Å²) in [5.74, 6) is -0.245. The molecule has 0 fully saturated rings. The number of aliphatic hydroxyl groups excluding tert-OH is 1. The van der Waals surface area contributed by atoms with E-state index in [0.29, 0.717) is 16.6 Å². The van der Waals surface area contributed by atoms with E-state index in [1.54, 1.807) is 18.2 Å². The molecule has 2 nitrogen and oxygen atoms in total. The van der Waals surface area contributed by atoms with Crippen LogP contribution in [0.25, 0.3) is 0 Å². The third kappa shape index (κ3) is 3.04. The number of hydrogen-bond acceptors (Lipinski definition) is 2. The van der Waals surface area contributed by atoms with Crippen LogP contribution in [0.5, 0.6) is 0 Å². The highest BCUT2D eigenvalue weighted by Crippen LogP contribution is 2.18. The Balaban J connectivity index is 2.63. The van der Waals surface area contributed by atoms with Gasteiger partial charge in [-0.15, -0.1) is 0 Å². The number of halogens is 2. The Labute approximate surface area is 91.3 Å². The zero-order chi connectivity index (χ0) is 10.6. The molecular formula is C10H13BrFNO. The SMILES string of the molecule is CC(CO)NCc1cccc(Br)c1F. The molecular weight excluding hydrogens is 249 g/mol. The van der Waals surface area contributed by atoms with Crippen LogP contribution >= 0.6 is 15.9 Å². The fourth-order valence-electron chi connectivity index (χ4n) is 1.03. The summed E-state index contributed by atoms with van der Waals surface area (Å²) in [5.41, 5.74) is 0.597. The first-order valence-corrected chi connectivity index (χ1v) is 5.21. The van der Waals surface area contributed by atoms with Crippen LogP contribution in [0, 0.1) is 5.82 Å². The van der Waals surface area contributed by atoms with Gasteiger partial charge in [-0.25, -0.2) is 4.39 Å². The molecule has 0 aliphatic rings. The van der Waals surface area contributed by atoms with E-state index in [2.05, 4.69) is 21.2 Å². The van der Waals surface area contributed by atoms with Crippen LogP contribution in [-0.4, -0.2) is 17.8 Å². The number of hydrogen-bond donors (Lipinski definition) is 2. The van der Waals surface area contributed by atoms with Gasteiger partial charge in [0.1, 0.15) is 5.82 Å². The van der Waals surface area contributed by atoms with Crippen molar-refractivity contribution in [1.29, 1.82) is 0 Å². The van der Waals surface area contributed by atoms with Crippen LogP contribution in [0.4, 0.5) is 4.39 Å². The Morgan fingerprint density at radius 1 is 1.57 bits per heavy atom. The molecule has 0 amide bonds. The maximum Gasteiger partial charge on any atom is 0.141 e. The van der Waals surface area contributed by atoms with Gasteiger partial charge in [0.2, 0.25) is 0 Å². The quantitative estimate of drug-likeness (QED) is 0.870. The first-order valence-electron chi connectivity index (χ1n) is 4.42. The summed E-state index contributed by atoms with van der Waals surface area (Å²) in [4.78, 5) is 0. The molecule has 0 bridgehead atoms. The van der Waals surface area contributed by atoms with E-state index in [-0.39, 0.29) is 18.5 Å². The van der Waals surface area contributed by atoms with Crippen LogP contribution in [-0.2, 0) is 6.54 Å². The maximum absolute atomic E-state index is 13.4. The van der Waals surface area contributed by atoms with Gasteiger partial charge >= 0.3 is 0 Å². The Bertz CT molecular complexity index is 306. The van der Waals surface area contributed by atoms with Crippen molar-refractivity contribution < 1.29 is 9.50 Å². The Hall–Kier alpha value is -0.450. The van der Waals surface area contributed by atoms with Crippen molar-refractivity contribution >= 4 is 15.9 Å². The van der Waals surface area contributed by atoms with Gasteiger partial charge in [-0.2, -0.15) is 0 Å². The molecule has 1 unspecified atom stereocenters. The summed E-state index contributed by atoms with van der Waals surface area (Å²) in [6.45, 7) is 2.32. The van der Waals surface area contributed by atoms with Gasteiger partial charge in [-0.05, 0) is 28.9 Å². The maximum atomic E-state index is 13.4. The van der Waals surface area contributed by atoms with Gasteiger partial charge in [0.25, 0.3) is 0 Å². The van der Waals surface area contributed by atoms with E-state index in [4.69, 9.17) is 5.11 Å². The minimum Gasteiger partial charge on any atom is -0.395 e. The zero-order valence-corrected chi connectivity index (χ0v) is 9.51. The second-order valence-corrected chi connectivity index (χ2v) is 4.03. The molecule has 2 N–H and O–H groups in total. The molecule has 0 spiro atoms. The Morgan fingerprint density at radius 3 is 2.93 bits per heavy atom. The molecule has 1 rings (SSSR count). The molecule has 0 radical (unpaired) electrons. The minimum atomic E-state index is -0.245. The van der Waals surface area contributed by atoms with Crippen molar-refractivity contribution in [3.05, 3.63) is 34.1 Å². The molecule has 0 aliphatic heterocycles. The molecule has 0 saturated heterocycles. The predicted molar refractivity (Wildman–Crippen MR) is 57.5 cm³/mol. The van der Waals surface area contributed by atoms with Crippen molar-refractivity contribution in [2.24, 2.45) is 0 Å². The second kappa shape index (κ2) is 5.44. The van der Waals surface area contributed by atoms with Crippen molar-refractivity contribution in [2.75, 3.05) is 6.61 Å². The monoisotopic (exact) mass is 261 g/mol. The lowest BCUT2D eigenvalue weighted by Gasteiger charge is -2.11. The lowest BCUT2D eigenvalue weighted by molar-refractivity contribution is 0.250. The molecule has 0 aromatic heterocycles. The minimum absolute atomic E-state index is 0.0200. The summed E-state index contributed by atoms with van der Waals surface area (Å²) in [6.07, 6.45) is 0. The van der Waals surface area contributed by atoms with Crippen LogP contribution in [0.1, 0.15) is 12.5 Å². The predicted octanol–water partition coefficient (Wildman–Crippen LogP) is 2.06. The highest BCUT2D eigenvalue weighted by Gasteiger charge is 2.06. The lowest BCUT2D eigenvalue weighted by Crippen LogP contribution is -2.29. The average Bonchev–Trinajstić information content (AvgIpc) is 2.20. The Morgan fingerprint density at radius 2 is 2.29 bits per heavy atom. The molecule has 4 heteroatoms. The van der Waals surface area contributed by atoms with E-state index < -0.39 is 0 Å². The normalized spacial score (nSPS) is 12.9. The van der Waals surface area contributed by atoms with E-state index in [1.807, 2.05) is 6.92 Å². The largest absolute Gasteiger partial charge is 0.395 e. The van der Waals surface area contributed by atoms with Crippen LogP contribution in [0.3, 0.4) is 0 Å². The third-order valence-corrected chi connectivity index (χ3v) is 2.56. The van der Waals surface area contributed by atoms with Gasteiger partial charge in [0.05, 0.1) is 11.1 Å². The topological polar surface area (TPSA) is 32.3 Å². The van der Waals surface area contributed by atoms with E-state index in [0.717, 1.165) is 0 Å². The van der Waals surface area contributed by atoms with Crippen LogP contribution in [0.2, 0.25) is 0 Å². The van der Waals surface area contributed by atoms with Crippen molar-refractivity contribution in [1.82, 2.24) is 5.32 Å². The van der Waals surface area contributed by atoms with Gasteiger partial charge in [0.15, 0.2) is 0 Å². The summed E-state index contributed by atoms with van der Waals surface area (Å²) in [7, 11) is 0. The van der Waals surface area contributed by atoms with Crippen molar-refractivity contribution in [3.63, 3.8) is 0 Å². The van der Waals surface area contributed by atoms with E-state index >= 15 is 0 Å². The van der Waals surface area contributed by atoms with Crippen molar-refractivity contribution in [2.45, 2.75) is 19.5 Å². The smallest absolute Gasteiger partial charge is 0.141 e. The Kier molecular flexibility index (Phi) is 4.51. The fraction of sp³-hybridized carbons (Fsp3) is 0.400. The fourth-order valence-corrected chi connectivity index (χ4v) is 1.44. The molecule has 0 saturated carbocycles. The molecule has 78 valence electrons. The first kappa shape index (κ1) is 11.6. The molecule has 1 atom stereocenters. The second-order valence-electron chi connectivity index (χ2n) is 3.18. The molecule has 0 heterocycles. The number of rotatable bonds is 4. The van der Waals surface area contributed by atoms with E-state index in [9.17, 15) is 4.39 Å². The molecule has 14 heavy (non-hydrogen) atoms. The number of aliphatic hydroxyl groups is 1. The standard InChI is InChI=1S/C10H13BrFNO/c1-7(6-14)13-5-8-3-2-4-9(11)10(8)12/h2-4,7,13-14H,5-6H2,1H3.